The third kappa shape index (κ3) is 68.5. The van der Waals surface area contributed by atoms with Crippen LogP contribution in [0.4, 0.5) is 0 Å². The molecule has 0 aromatic carbocycles. The Morgan fingerprint density at radius 2 is 0.621 bits per heavy atom. The molecule has 0 rings (SSSR count). The van der Waals surface area contributed by atoms with E-state index in [9.17, 15) is 43.2 Å². The van der Waals surface area contributed by atoms with E-state index >= 15 is 0 Å². The molecule has 0 aliphatic rings. The fourth-order valence-electron chi connectivity index (χ4n) is 11.1. The summed E-state index contributed by atoms with van der Waals surface area (Å²) in [6.45, 7) is 9.55. The quantitative estimate of drug-likeness (QED) is 0.0169. The Hall–Kier alpha value is -2.46. The Morgan fingerprint density at radius 1 is 0.347 bits per heavy atom. The SMILES string of the molecule is CCCCCC/C=C\C=C/CCCCCCCC(=O)OC[C@H](COP(=O)(O)OC[C@@H](O)COP(=O)(O)OC[C@@H](COC(=O)CCCCCCCCCCC)OC(=O)CCCCCCCCCCCCC(C)C)OC(=O)CCCCCCCCCCCCCCCCC(C)CC. The van der Waals surface area contributed by atoms with E-state index in [1.165, 1.54) is 167 Å². The van der Waals surface area contributed by atoms with E-state index in [4.69, 9.17) is 37.0 Å². The van der Waals surface area contributed by atoms with Crippen molar-refractivity contribution in [3.8, 4) is 0 Å². The van der Waals surface area contributed by atoms with Crippen LogP contribution in [0.3, 0.4) is 0 Å². The minimum absolute atomic E-state index is 0.101. The van der Waals surface area contributed by atoms with E-state index in [-0.39, 0.29) is 25.7 Å². The van der Waals surface area contributed by atoms with Crippen molar-refractivity contribution in [2.75, 3.05) is 39.6 Å². The number of allylic oxidation sites excluding steroid dienone is 4. The Bertz CT molecular complexity index is 1930. The molecule has 560 valence electrons. The first-order chi connectivity index (χ1) is 45.9. The van der Waals surface area contributed by atoms with Gasteiger partial charge in [-0.1, -0.05) is 316 Å². The van der Waals surface area contributed by atoms with Gasteiger partial charge in [-0.2, -0.15) is 0 Å². The zero-order valence-corrected chi connectivity index (χ0v) is 63.2. The second kappa shape index (κ2) is 67.4. The second-order valence-electron chi connectivity index (χ2n) is 27.4. The highest BCUT2D eigenvalue weighted by molar-refractivity contribution is 7.47. The molecule has 0 fully saturated rings. The van der Waals surface area contributed by atoms with Gasteiger partial charge in [0.1, 0.15) is 19.3 Å². The monoisotopic (exact) mass is 1390 g/mol. The van der Waals surface area contributed by atoms with E-state index in [2.05, 4.69) is 65.8 Å². The number of phosphoric acid groups is 2. The van der Waals surface area contributed by atoms with Gasteiger partial charge in [0.05, 0.1) is 26.4 Å². The van der Waals surface area contributed by atoms with Gasteiger partial charge in [-0.15, -0.1) is 0 Å². The molecule has 0 aliphatic heterocycles. The molecule has 0 aromatic rings. The lowest BCUT2D eigenvalue weighted by molar-refractivity contribution is -0.161. The standard InChI is InChI=1S/C76H144O17P2/c1-7-10-12-14-16-18-19-20-21-25-28-35-41-47-53-59-74(79)87-65-72(92-75(80)60-54-48-42-36-29-26-23-22-24-27-34-39-45-51-57-69(6)9-3)67-91-95(84,85)89-63-70(77)62-88-94(82,83)90-66-71(64-86-73(78)58-52-46-40-32-17-15-13-11-8-2)93-76(81)61-55-49-43-37-31-30-33-38-44-50-56-68(4)5/h18-21,68-72,77H,7-17,22-67H2,1-6H3,(H,82,83)(H,84,85)/b19-18-,21-20-/t69?,70-,71+,72+/m0/s1. The summed E-state index contributed by atoms with van der Waals surface area (Å²) in [5, 5.41) is 10.6. The van der Waals surface area contributed by atoms with E-state index < -0.39 is 97.5 Å². The number of phosphoric ester groups is 2. The van der Waals surface area contributed by atoms with Crippen LogP contribution < -0.4 is 0 Å². The number of aliphatic hydroxyl groups excluding tert-OH is 1. The first kappa shape index (κ1) is 92.5. The lowest BCUT2D eigenvalue weighted by Crippen LogP contribution is -2.30. The number of rotatable bonds is 73. The highest BCUT2D eigenvalue weighted by atomic mass is 31.2. The lowest BCUT2D eigenvalue weighted by Gasteiger charge is -2.21. The summed E-state index contributed by atoms with van der Waals surface area (Å²) in [7, 11) is -9.92. The number of carbonyl (C=O) groups is 4. The lowest BCUT2D eigenvalue weighted by atomic mass is 9.99. The van der Waals surface area contributed by atoms with Crippen LogP contribution in [-0.2, 0) is 65.4 Å². The molecular formula is C76H144O17P2. The minimum Gasteiger partial charge on any atom is -0.462 e. The van der Waals surface area contributed by atoms with E-state index in [1.54, 1.807) is 0 Å². The van der Waals surface area contributed by atoms with Crippen LogP contribution in [0.15, 0.2) is 24.3 Å². The summed E-state index contributed by atoms with van der Waals surface area (Å²) in [6, 6.07) is 0. The maximum atomic E-state index is 13.1. The van der Waals surface area contributed by atoms with Crippen molar-refractivity contribution in [3.63, 3.8) is 0 Å². The normalized spacial score (nSPS) is 14.5. The summed E-state index contributed by atoms with van der Waals surface area (Å²) in [5.74, 6) is -0.553. The summed E-state index contributed by atoms with van der Waals surface area (Å²) in [4.78, 5) is 72.7. The number of hydrogen-bond acceptors (Lipinski definition) is 15. The summed E-state index contributed by atoms with van der Waals surface area (Å²) in [5.41, 5.74) is 0. The molecule has 19 heteroatoms. The maximum absolute atomic E-state index is 13.1. The number of ether oxygens (including phenoxy) is 4. The molecule has 0 saturated heterocycles. The highest BCUT2D eigenvalue weighted by Crippen LogP contribution is 2.45. The number of hydrogen-bond donors (Lipinski definition) is 3. The van der Waals surface area contributed by atoms with Gasteiger partial charge >= 0.3 is 39.5 Å². The maximum Gasteiger partial charge on any atom is 0.472 e. The second-order valence-corrected chi connectivity index (χ2v) is 30.3. The molecule has 17 nitrogen and oxygen atoms in total. The van der Waals surface area contributed by atoms with Crippen LogP contribution in [-0.4, -0.2) is 96.7 Å². The van der Waals surface area contributed by atoms with Gasteiger partial charge in [-0.3, -0.25) is 37.3 Å². The van der Waals surface area contributed by atoms with Crippen LogP contribution in [0.2, 0.25) is 0 Å². The summed E-state index contributed by atoms with van der Waals surface area (Å²) in [6.07, 6.45) is 57.6. The van der Waals surface area contributed by atoms with Crippen LogP contribution in [0.25, 0.3) is 0 Å². The van der Waals surface area contributed by atoms with Crippen molar-refractivity contribution in [2.45, 2.75) is 387 Å². The van der Waals surface area contributed by atoms with E-state index in [1.807, 2.05) is 0 Å². The predicted octanol–water partition coefficient (Wildman–Crippen LogP) is 21.9. The Kier molecular flexibility index (Phi) is 65.6. The van der Waals surface area contributed by atoms with Gasteiger partial charge in [-0.25, -0.2) is 9.13 Å². The minimum atomic E-state index is -4.96. The number of carbonyl (C=O) groups excluding carboxylic acids is 4. The molecule has 0 aliphatic carbocycles. The molecule has 0 amide bonds. The van der Waals surface area contributed by atoms with Crippen LogP contribution in [0.5, 0.6) is 0 Å². The molecule has 0 saturated carbocycles. The molecule has 0 radical (unpaired) electrons. The van der Waals surface area contributed by atoms with Gasteiger partial charge in [0.2, 0.25) is 0 Å². The van der Waals surface area contributed by atoms with Crippen molar-refractivity contribution >= 4 is 39.5 Å². The average molecular weight is 1390 g/mol. The van der Waals surface area contributed by atoms with Crippen molar-refractivity contribution in [1.29, 1.82) is 0 Å². The fourth-order valence-corrected chi connectivity index (χ4v) is 12.7. The molecule has 0 aromatic heterocycles. The topological polar surface area (TPSA) is 237 Å². The van der Waals surface area contributed by atoms with Gasteiger partial charge in [-0.05, 0) is 63.2 Å². The average Bonchev–Trinajstić information content (AvgIpc) is 1.80. The van der Waals surface area contributed by atoms with Crippen molar-refractivity contribution < 1.29 is 80.2 Å². The summed E-state index contributed by atoms with van der Waals surface area (Å²) >= 11 is 0. The Labute approximate surface area is 580 Å². The Balaban J connectivity index is 5.27. The van der Waals surface area contributed by atoms with Crippen molar-refractivity contribution in [1.82, 2.24) is 0 Å². The molecule has 3 N–H and O–H groups in total. The number of aliphatic hydroxyl groups is 1. The molecule has 0 spiro atoms. The molecule has 0 heterocycles. The summed E-state index contributed by atoms with van der Waals surface area (Å²) < 4.78 is 68.4. The number of esters is 4. The third-order valence-electron chi connectivity index (χ3n) is 17.4. The fraction of sp³-hybridized carbons (Fsp3) is 0.895. The largest absolute Gasteiger partial charge is 0.472 e. The van der Waals surface area contributed by atoms with Crippen molar-refractivity contribution in [3.05, 3.63) is 24.3 Å². The van der Waals surface area contributed by atoms with Gasteiger partial charge in [0.15, 0.2) is 12.2 Å². The third-order valence-corrected chi connectivity index (χ3v) is 19.3. The van der Waals surface area contributed by atoms with Gasteiger partial charge < -0.3 is 33.8 Å². The molecular weight excluding hydrogens is 1250 g/mol. The first-order valence-corrected chi connectivity index (χ1v) is 41.8. The van der Waals surface area contributed by atoms with E-state index in [0.717, 1.165) is 121 Å². The predicted molar refractivity (Wildman–Crippen MR) is 386 cm³/mol. The Morgan fingerprint density at radius 3 is 0.947 bits per heavy atom. The highest BCUT2D eigenvalue weighted by Gasteiger charge is 2.30. The van der Waals surface area contributed by atoms with Crippen LogP contribution in [0.1, 0.15) is 369 Å². The molecule has 3 unspecified atom stereocenters. The van der Waals surface area contributed by atoms with Crippen LogP contribution in [0, 0.1) is 11.8 Å². The molecule has 95 heavy (non-hydrogen) atoms. The van der Waals surface area contributed by atoms with E-state index in [0.29, 0.717) is 25.7 Å². The van der Waals surface area contributed by atoms with Gasteiger partial charge in [0, 0.05) is 25.7 Å². The molecule has 6 atom stereocenters. The number of unbranched alkanes of at least 4 members (excludes halogenated alkanes) is 39. The zero-order chi connectivity index (χ0) is 70.0. The first-order valence-electron chi connectivity index (χ1n) is 38.8. The van der Waals surface area contributed by atoms with Crippen LogP contribution >= 0.6 is 15.6 Å². The van der Waals surface area contributed by atoms with Crippen molar-refractivity contribution in [2.24, 2.45) is 11.8 Å². The smallest absolute Gasteiger partial charge is 0.462 e. The zero-order valence-electron chi connectivity index (χ0n) is 61.5. The molecule has 0 bridgehead atoms. The van der Waals surface area contributed by atoms with Gasteiger partial charge in [0.25, 0.3) is 0 Å².